The molecule has 2 aromatic carbocycles. The third-order valence-electron chi connectivity index (χ3n) is 5.10. The largest absolute Gasteiger partial charge is 0.399 e. The molecule has 0 aromatic heterocycles. The third-order valence-corrected chi connectivity index (χ3v) is 5.10. The molecule has 8 heteroatoms. The molecule has 1 fully saturated rings. The fourth-order valence-corrected chi connectivity index (χ4v) is 3.60. The Morgan fingerprint density at radius 1 is 1.10 bits per heavy atom. The standard InChI is InChI=1S/C23H26N4O4/c1-31-26-19-13-20(14-22(29)25-12-11-21(24)28)27(15-19)23(30)18-9-7-17(8-10-18)16-5-3-2-4-6-16/h2-10,20H,11-15H2,1H3,(H2,24,28)(H,25,29)/t20-/m0/s1. The van der Waals surface area contributed by atoms with Crippen molar-refractivity contribution in [1.82, 2.24) is 10.2 Å². The van der Waals surface area contributed by atoms with Crippen molar-refractivity contribution in [3.05, 3.63) is 60.2 Å². The maximum Gasteiger partial charge on any atom is 0.254 e. The van der Waals surface area contributed by atoms with E-state index in [0.717, 1.165) is 11.1 Å². The second kappa shape index (κ2) is 10.4. The highest BCUT2D eigenvalue weighted by atomic mass is 16.6. The molecule has 162 valence electrons. The van der Waals surface area contributed by atoms with Crippen LogP contribution in [-0.2, 0) is 14.4 Å². The summed E-state index contributed by atoms with van der Waals surface area (Å²) in [5.41, 5.74) is 8.43. The molecule has 3 amide bonds. The molecule has 1 heterocycles. The van der Waals surface area contributed by atoms with Crippen molar-refractivity contribution in [1.29, 1.82) is 0 Å². The Hall–Kier alpha value is -3.68. The van der Waals surface area contributed by atoms with Gasteiger partial charge in [-0.1, -0.05) is 47.6 Å². The van der Waals surface area contributed by atoms with Crippen LogP contribution in [0.2, 0.25) is 0 Å². The smallest absolute Gasteiger partial charge is 0.254 e. The first-order chi connectivity index (χ1) is 15.0. The average molecular weight is 422 g/mol. The minimum Gasteiger partial charge on any atom is -0.399 e. The number of primary amides is 1. The van der Waals surface area contributed by atoms with Crippen LogP contribution < -0.4 is 11.1 Å². The van der Waals surface area contributed by atoms with Crippen molar-refractivity contribution in [2.75, 3.05) is 20.2 Å². The maximum absolute atomic E-state index is 13.2. The highest BCUT2D eigenvalue weighted by molar-refractivity contribution is 6.01. The number of hydrogen-bond acceptors (Lipinski definition) is 5. The predicted octanol–water partition coefficient (Wildman–Crippen LogP) is 1.95. The van der Waals surface area contributed by atoms with Crippen LogP contribution in [0.25, 0.3) is 11.1 Å². The number of carbonyl (C=O) groups excluding carboxylic acids is 3. The van der Waals surface area contributed by atoms with Crippen LogP contribution in [0.4, 0.5) is 0 Å². The van der Waals surface area contributed by atoms with E-state index < -0.39 is 5.91 Å². The lowest BCUT2D eigenvalue weighted by Gasteiger charge is -2.24. The second-order valence-corrected chi connectivity index (χ2v) is 7.34. The van der Waals surface area contributed by atoms with Gasteiger partial charge in [-0.2, -0.15) is 0 Å². The Labute approximate surface area is 181 Å². The molecule has 0 unspecified atom stereocenters. The Kier molecular flexibility index (Phi) is 7.37. The summed E-state index contributed by atoms with van der Waals surface area (Å²) in [6.07, 6.45) is 0.628. The van der Waals surface area contributed by atoms with Gasteiger partial charge in [0.1, 0.15) is 7.11 Å². The lowest BCUT2D eigenvalue weighted by molar-refractivity contribution is -0.122. The summed E-state index contributed by atoms with van der Waals surface area (Å²) in [6, 6.07) is 17.0. The molecular formula is C23H26N4O4. The summed E-state index contributed by atoms with van der Waals surface area (Å²) in [6.45, 7) is 0.473. The van der Waals surface area contributed by atoms with E-state index in [-0.39, 0.29) is 37.2 Å². The summed E-state index contributed by atoms with van der Waals surface area (Å²) in [5.74, 6) is -0.899. The number of benzene rings is 2. The number of carbonyl (C=O) groups is 3. The summed E-state index contributed by atoms with van der Waals surface area (Å²) in [4.78, 5) is 42.8. The Balaban J connectivity index is 1.71. The third kappa shape index (κ3) is 5.91. The van der Waals surface area contributed by atoms with Crippen molar-refractivity contribution in [2.24, 2.45) is 10.9 Å². The second-order valence-electron chi connectivity index (χ2n) is 7.34. The summed E-state index contributed by atoms with van der Waals surface area (Å²) in [5, 5.41) is 6.64. The number of hydrogen-bond donors (Lipinski definition) is 2. The SMILES string of the molecule is CON=C1C[C@@H](CC(=O)NCCC(N)=O)N(C(=O)c2ccc(-c3ccccc3)cc2)C1. The van der Waals surface area contributed by atoms with Gasteiger partial charge in [0.05, 0.1) is 12.3 Å². The molecular weight excluding hydrogens is 396 g/mol. The number of rotatable bonds is 8. The number of likely N-dealkylation sites (tertiary alicyclic amines) is 1. The van der Waals surface area contributed by atoms with Gasteiger partial charge < -0.3 is 20.8 Å². The molecule has 1 aliphatic rings. The fraction of sp³-hybridized carbons (Fsp3) is 0.304. The topological polar surface area (TPSA) is 114 Å². The van der Waals surface area contributed by atoms with Crippen molar-refractivity contribution in [2.45, 2.75) is 25.3 Å². The zero-order chi connectivity index (χ0) is 22.2. The van der Waals surface area contributed by atoms with Crippen LogP contribution in [0.3, 0.4) is 0 Å². The predicted molar refractivity (Wildman–Crippen MR) is 117 cm³/mol. The van der Waals surface area contributed by atoms with Gasteiger partial charge in [-0.05, 0) is 23.3 Å². The number of amides is 3. The van der Waals surface area contributed by atoms with Gasteiger partial charge in [-0.3, -0.25) is 14.4 Å². The molecule has 0 spiro atoms. The first kappa shape index (κ1) is 22.0. The van der Waals surface area contributed by atoms with Crippen LogP contribution >= 0.6 is 0 Å². The first-order valence-electron chi connectivity index (χ1n) is 10.1. The normalized spacial score (nSPS) is 16.9. The maximum atomic E-state index is 13.2. The number of oxime groups is 1. The number of nitrogens with two attached hydrogens (primary N) is 1. The molecule has 0 saturated carbocycles. The van der Waals surface area contributed by atoms with Crippen LogP contribution in [0.5, 0.6) is 0 Å². The van der Waals surface area contributed by atoms with Gasteiger partial charge in [0.25, 0.3) is 5.91 Å². The van der Waals surface area contributed by atoms with Gasteiger partial charge in [0, 0.05) is 37.4 Å². The molecule has 0 bridgehead atoms. The molecule has 1 saturated heterocycles. The molecule has 31 heavy (non-hydrogen) atoms. The van der Waals surface area contributed by atoms with E-state index in [2.05, 4.69) is 10.5 Å². The summed E-state index contributed by atoms with van der Waals surface area (Å²) < 4.78 is 0. The molecule has 3 rings (SSSR count). The van der Waals surface area contributed by atoms with Crippen molar-refractivity contribution in [3.8, 4) is 11.1 Å². The Morgan fingerprint density at radius 3 is 2.42 bits per heavy atom. The molecule has 1 aliphatic heterocycles. The highest BCUT2D eigenvalue weighted by Gasteiger charge is 2.35. The quantitative estimate of drug-likeness (QED) is 0.633. The van der Waals surface area contributed by atoms with E-state index in [0.29, 0.717) is 24.2 Å². The van der Waals surface area contributed by atoms with Gasteiger partial charge in [0.2, 0.25) is 11.8 Å². The summed E-state index contributed by atoms with van der Waals surface area (Å²) in [7, 11) is 1.45. The lowest BCUT2D eigenvalue weighted by Crippen LogP contribution is -2.39. The monoisotopic (exact) mass is 422 g/mol. The van der Waals surface area contributed by atoms with E-state index in [4.69, 9.17) is 10.6 Å². The van der Waals surface area contributed by atoms with E-state index in [1.54, 1.807) is 17.0 Å². The highest BCUT2D eigenvalue weighted by Crippen LogP contribution is 2.24. The van der Waals surface area contributed by atoms with Gasteiger partial charge >= 0.3 is 0 Å². The number of nitrogens with one attached hydrogen (secondary N) is 1. The van der Waals surface area contributed by atoms with Gasteiger partial charge in [0.15, 0.2) is 0 Å². The zero-order valence-corrected chi connectivity index (χ0v) is 17.4. The molecule has 1 atom stereocenters. The minimum atomic E-state index is -0.480. The first-order valence-corrected chi connectivity index (χ1v) is 10.1. The van der Waals surface area contributed by atoms with Crippen LogP contribution in [0.15, 0.2) is 59.8 Å². The van der Waals surface area contributed by atoms with Crippen molar-refractivity contribution >= 4 is 23.4 Å². The van der Waals surface area contributed by atoms with Crippen LogP contribution in [0, 0.1) is 0 Å². The van der Waals surface area contributed by atoms with E-state index >= 15 is 0 Å². The van der Waals surface area contributed by atoms with E-state index in [1.807, 2.05) is 42.5 Å². The Bertz CT molecular complexity index is 957. The van der Waals surface area contributed by atoms with Gasteiger partial charge in [-0.25, -0.2) is 0 Å². The lowest BCUT2D eigenvalue weighted by atomic mass is 10.0. The van der Waals surface area contributed by atoms with Crippen molar-refractivity contribution < 1.29 is 19.2 Å². The van der Waals surface area contributed by atoms with Gasteiger partial charge in [-0.15, -0.1) is 0 Å². The Morgan fingerprint density at radius 2 is 1.77 bits per heavy atom. The minimum absolute atomic E-state index is 0.0726. The molecule has 8 nitrogen and oxygen atoms in total. The van der Waals surface area contributed by atoms with E-state index in [9.17, 15) is 14.4 Å². The summed E-state index contributed by atoms with van der Waals surface area (Å²) >= 11 is 0. The van der Waals surface area contributed by atoms with Crippen molar-refractivity contribution in [3.63, 3.8) is 0 Å². The molecule has 2 aromatic rings. The van der Waals surface area contributed by atoms with Crippen LogP contribution in [-0.4, -0.2) is 54.6 Å². The molecule has 0 radical (unpaired) electrons. The molecule has 3 N–H and O–H groups in total. The van der Waals surface area contributed by atoms with Crippen LogP contribution in [0.1, 0.15) is 29.6 Å². The fourth-order valence-electron chi connectivity index (χ4n) is 3.60. The average Bonchev–Trinajstić information content (AvgIpc) is 3.16. The number of nitrogens with zero attached hydrogens (tertiary/aromatic N) is 2. The zero-order valence-electron chi connectivity index (χ0n) is 17.4. The van der Waals surface area contributed by atoms with E-state index in [1.165, 1.54) is 7.11 Å². The molecule has 0 aliphatic carbocycles.